The largest absolute Gasteiger partial charge is 0.359 e. The minimum atomic E-state index is -0.320. The van der Waals surface area contributed by atoms with Crippen LogP contribution in [0, 0.1) is 6.92 Å². The Hall–Kier alpha value is -4.30. The van der Waals surface area contributed by atoms with Crippen molar-refractivity contribution >= 4 is 18.1 Å². The van der Waals surface area contributed by atoms with Gasteiger partial charge in [-0.2, -0.15) is 0 Å². The molecule has 2 aromatic carbocycles. The predicted molar refractivity (Wildman–Crippen MR) is 162 cm³/mol. The molecule has 214 valence electrons. The lowest BCUT2D eigenvalue weighted by molar-refractivity contribution is -0.120. The quantitative estimate of drug-likeness (QED) is 0.235. The Bertz CT molecular complexity index is 1520. The molecule has 0 saturated heterocycles. The number of carbonyl (C=O) groups is 2. The maximum absolute atomic E-state index is 14.3. The zero-order chi connectivity index (χ0) is 29.7. The van der Waals surface area contributed by atoms with Crippen LogP contribution < -0.4 is 10.2 Å². The molecule has 2 amide bonds. The van der Waals surface area contributed by atoms with Crippen LogP contribution in [0.3, 0.4) is 0 Å². The van der Waals surface area contributed by atoms with Gasteiger partial charge in [0.05, 0.1) is 6.20 Å². The van der Waals surface area contributed by atoms with Crippen molar-refractivity contribution in [1.82, 2.24) is 19.8 Å². The van der Waals surface area contributed by atoms with Crippen molar-refractivity contribution < 1.29 is 14.0 Å². The van der Waals surface area contributed by atoms with Gasteiger partial charge in [0.15, 0.2) is 0 Å². The van der Waals surface area contributed by atoms with Crippen molar-refractivity contribution in [3.63, 3.8) is 0 Å². The first-order valence-corrected chi connectivity index (χ1v) is 13.7. The number of aromatic nitrogens is 2. The third-order valence-corrected chi connectivity index (χ3v) is 7.66. The molecule has 0 spiro atoms. The number of imidazole rings is 1. The summed E-state index contributed by atoms with van der Waals surface area (Å²) >= 11 is 0. The fraction of sp³-hybridized carbons (Fsp3) is 0.303. The number of rotatable bonds is 12. The first-order valence-electron chi connectivity index (χ1n) is 13.7. The maximum atomic E-state index is 14.3. The van der Waals surface area contributed by atoms with Crippen LogP contribution >= 0.6 is 0 Å². The molecule has 0 radical (unpaired) electrons. The second-order valence-electron chi connectivity index (χ2n) is 10.6. The highest BCUT2D eigenvalue weighted by atomic mass is 19.1. The SMILES string of the molecule is C=C/C(F)=C(/Cc1ccc(CN2Cc3ccc(-c4ncc(N(C=O)CCC(=O)NC)n4C)cc3C2)cc1C)C(=C)C. The van der Waals surface area contributed by atoms with Gasteiger partial charge in [0.1, 0.15) is 17.5 Å². The fourth-order valence-electron chi connectivity index (χ4n) is 5.29. The number of allylic oxidation sites excluding steroid dienone is 4. The molecular weight excluding hydrogens is 517 g/mol. The van der Waals surface area contributed by atoms with Crippen molar-refractivity contribution in [2.24, 2.45) is 7.05 Å². The molecule has 1 aliphatic heterocycles. The van der Waals surface area contributed by atoms with Gasteiger partial charge >= 0.3 is 0 Å². The highest BCUT2D eigenvalue weighted by molar-refractivity contribution is 5.79. The number of benzene rings is 2. The summed E-state index contributed by atoms with van der Waals surface area (Å²) in [4.78, 5) is 31.9. The summed E-state index contributed by atoms with van der Waals surface area (Å²) in [6, 6.07) is 12.8. The van der Waals surface area contributed by atoms with Gasteiger partial charge in [-0.3, -0.25) is 19.4 Å². The topological polar surface area (TPSA) is 70.5 Å². The maximum Gasteiger partial charge on any atom is 0.221 e. The number of hydrogen-bond acceptors (Lipinski definition) is 4. The van der Waals surface area contributed by atoms with E-state index in [4.69, 9.17) is 0 Å². The molecule has 0 atom stereocenters. The molecule has 8 heteroatoms. The number of amides is 2. The van der Waals surface area contributed by atoms with Crippen molar-refractivity contribution in [3.05, 3.63) is 107 Å². The molecule has 41 heavy (non-hydrogen) atoms. The van der Waals surface area contributed by atoms with E-state index in [0.717, 1.165) is 48.6 Å². The van der Waals surface area contributed by atoms with E-state index < -0.39 is 0 Å². The summed E-state index contributed by atoms with van der Waals surface area (Å²) in [5.74, 6) is 0.953. The van der Waals surface area contributed by atoms with E-state index in [2.05, 4.69) is 71.7 Å². The minimum Gasteiger partial charge on any atom is -0.359 e. The summed E-state index contributed by atoms with van der Waals surface area (Å²) in [6.45, 7) is 14.1. The van der Waals surface area contributed by atoms with E-state index >= 15 is 0 Å². The van der Waals surface area contributed by atoms with Crippen LogP contribution in [0.1, 0.15) is 41.2 Å². The fourth-order valence-corrected chi connectivity index (χ4v) is 5.29. The summed E-state index contributed by atoms with van der Waals surface area (Å²) in [5.41, 5.74) is 8.23. The lowest BCUT2D eigenvalue weighted by Crippen LogP contribution is -2.29. The number of aryl methyl sites for hydroxylation is 1. The van der Waals surface area contributed by atoms with Crippen molar-refractivity contribution in [2.75, 3.05) is 18.5 Å². The van der Waals surface area contributed by atoms with Crippen LogP contribution in [0.4, 0.5) is 10.2 Å². The average Bonchev–Trinajstić information content (AvgIpc) is 3.54. The third kappa shape index (κ3) is 6.72. The van der Waals surface area contributed by atoms with Gasteiger partial charge in [-0.15, -0.1) is 0 Å². The van der Waals surface area contributed by atoms with E-state index in [1.54, 1.807) is 13.2 Å². The van der Waals surface area contributed by atoms with Crippen LogP contribution in [0.25, 0.3) is 11.4 Å². The normalized spacial score (nSPS) is 13.4. The molecule has 1 aliphatic rings. The number of carbonyl (C=O) groups excluding carboxylic acids is 2. The molecule has 0 fully saturated rings. The lowest BCUT2D eigenvalue weighted by atomic mass is 9.95. The van der Waals surface area contributed by atoms with E-state index in [1.807, 2.05) is 18.5 Å². The van der Waals surface area contributed by atoms with Crippen molar-refractivity contribution in [3.8, 4) is 11.4 Å². The van der Waals surface area contributed by atoms with Crippen LogP contribution in [-0.4, -0.2) is 40.4 Å². The molecule has 7 nitrogen and oxygen atoms in total. The number of fused-ring (bicyclic) bond motifs is 1. The first-order chi connectivity index (χ1) is 19.6. The van der Waals surface area contributed by atoms with E-state index in [1.165, 1.54) is 27.7 Å². The molecule has 0 bridgehead atoms. The van der Waals surface area contributed by atoms with Crippen LogP contribution in [0.5, 0.6) is 0 Å². The number of nitrogens with zero attached hydrogens (tertiary/aromatic N) is 4. The van der Waals surface area contributed by atoms with Gasteiger partial charge in [0.25, 0.3) is 0 Å². The molecular formula is C33H38FN5O2. The molecule has 0 aliphatic carbocycles. The van der Waals surface area contributed by atoms with Gasteiger partial charge in [0, 0.05) is 58.7 Å². The Morgan fingerprint density at radius 2 is 1.95 bits per heavy atom. The van der Waals surface area contributed by atoms with Crippen LogP contribution in [0.15, 0.2) is 78.8 Å². The molecule has 0 saturated carbocycles. The predicted octanol–water partition coefficient (Wildman–Crippen LogP) is 5.54. The highest BCUT2D eigenvalue weighted by Gasteiger charge is 2.22. The molecule has 0 unspecified atom stereocenters. The summed E-state index contributed by atoms with van der Waals surface area (Å²) in [5, 5.41) is 2.58. The van der Waals surface area contributed by atoms with Gasteiger partial charge in [-0.25, -0.2) is 9.37 Å². The van der Waals surface area contributed by atoms with Crippen molar-refractivity contribution in [2.45, 2.75) is 46.3 Å². The van der Waals surface area contributed by atoms with Gasteiger partial charge in [-0.1, -0.05) is 49.1 Å². The third-order valence-electron chi connectivity index (χ3n) is 7.66. The number of hydrogen-bond donors (Lipinski definition) is 1. The summed E-state index contributed by atoms with van der Waals surface area (Å²) in [6.07, 6.45) is 4.35. The summed E-state index contributed by atoms with van der Waals surface area (Å²) in [7, 11) is 3.45. The van der Waals surface area contributed by atoms with E-state index in [-0.39, 0.29) is 24.7 Å². The van der Waals surface area contributed by atoms with Gasteiger partial charge in [0.2, 0.25) is 12.3 Å². The molecule has 2 heterocycles. The Morgan fingerprint density at radius 1 is 1.20 bits per heavy atom. The molecule has 3 aromatic rings. The van der Waals surface area contributed by atoms with E-state index in [0.29, 0.717) is 23.4 Å². The number of nitrogens with one attached hydrogen (secondary N) is 1. The first kappa shape index (κ1) is 29.7. The Balaban J connectivity index is 1.45. The van der Waals surface area contributed by atoms with Gasteiger partial charge < -0.3 is 9.88 Å². The molecule has 1 aromatic heterocycles. The highest BCUT2D eigenvalue weighted by Crippen LogP contribution is 2.31. The number of halogens is 1. The lowest BCUT2D eigenvalue weighted by Gasteiger charge is -2.17. The molecule has 4 rings (SSSR count). The second kappa shape index (κ2) is 12.9. The zero-order valence-electron chi connectivity index (χ0n) is 24.3. The van der Waals surface area contributed by atoms with E-state index in [9.17, 15) is 14.0 Å². The molecule has 1 N–H and O–H groups in total. The second-order valence-corrected chi connectivity index (χ2v) is 10.6. The van der Waals surface area contributed by atoms with Gasteiger partial charge in [-0.05, 0) is 59.4 Å². The number of anilines is 1. The Kier molecular flexibility index (Phi) is 9.35. The monoisotopic (exact) mass is 555 g/mol. The Labute approximate surface area is 241 Å². The summed E-state index contributed by atoms with van der Waals surface area (Å²) < 4.78 is 16.2. The zero-order valence-corrected chi connectivity index (χ0v) is 24.3. The minimum absolute atomic E-state index is 0.124. The standard InChI is InChI=1S/C33H38FN5O2/c1-7-30(34)29(22(2)3)16-25-9-8-24(14-23(25)4)18-38-19-27-11-10-26(15-28(27)20-38)33-36-17-32(37(33)6)39(21-40)13-12-31(41)35-5/h7-11,14-15,17,21H,1-2,12-13,16,18-20H2,3-6H3,(H,35,41)/b30-29+. The van der Waals surface area contributed by atoms with Crippen molar-refractivity contribution in [1.29, 1.82) is 0 Å². The average molecular weight is 556 g/mol. The smallest absolute Gasteiger partial charge is 0.221 e. The van der Waals surface area contributed by atoms with Crippen LogP contribution in [-0.2, 0) is 42.7 Å². The van der Waals surface area contributed by atoms with Crippen LogP contribution in [0.2, 0.25) is 0 Å². The Morgan fingerprint density at radius 3 is 2.61 bits per heavy atom.